The van der Waals surface area contributed by atoms with Crippen LogP contribution in [0.3, 0.4) is 0 Å². The summed E-state index contributed by atoms with van der Waals surface area (Å²) in [5, 5.41) is 54.5. The number of phenols is 1. The highest BCUT2D eigenvalue weighted by Gasteiger charge is 2.40. The normalized spacial score (nSPS) is 19.3. The lowest BCUT2D eigenvalue weighted by atomic mass is 10.0. The summed E-state index contributed by atoms with van der Waals surface area (Å²) < 4.78 is 0. The van der Waals surface area contributed by atoms with Crippen LogP contribution in [0.1, 0.15) is 36.9 Å². The molecule has 0 spiro atoms. The van der Waals surface area contributed by atoms with Crippen LogP contribution in [0.2, 0.25) is 0 Å². The second-order valence-electron chi connectivity index (χ2n) is 13.2. The number of carbonyl (C=O) groups is 7. The van der Waals surface area contributed by atoms with Crippen molar-refractivity contribution in [3.8, 4) is 5.75 Å². The number of aliphatic hydroxyl groups excluding tert-OH is 3. The summed E-state index contributed by atoms with van der Waals surface area (Å²) >= 11 is 0. The van der Waals surface area contributed by atoms with Gasteiger partial charge in [-0.05, 0) is 49.9 Å². The molecule has 300 valence electrons. The number of primary amides is 1. The topological polar surface area (TPSA) is 331 Å². The minimum absolute atomic E-state index is 0.0128. The molecule has 2 aromatic rings. The molecule has 1 unspecified atom stereocenters. The lowest BCUT2D eigenvalue weighted by Gasteiger charge is -2.30. The van der Waals surface area contributed by atoms with Gasteiger partial charge in [0.2, 0.25) is 41.4 Å². The van der Waals surface area contributed by atoms with Gasteiger partial charge in [0.15, 0.2) is 0 Å². The molecule has 55 heavy (non-hydrogen) atoms. The van der Waals surface area contributed by atoms with E-state index >= 15 is 0 Å². The molecule has 2 fully saturated rings. The third-order valence-corrected chi connectivity index (χ3v) is 9.29. The minimum Gasteiger partial charge on any atom is -0.508 e. The quantitative estimate of drug-likeness (QED) is 0.0635. The fraction of sp³-hybridized carbons (Fsp3) is 0.529. The summed E-state index contributed by atoms with van der Waals surface area (Å²) in [6.45, 7) is -1.86. The number of H-pyrrole nitrogens is 1. The Hall–Kier alpha value is -5.64. The Bertz CT molecular complexity index is 1650. The second kappa shape index (κ2) is 20.2. The van der Waals surface area contributed by atoms with E-state index in [4.69, 9.17) is 5.73 Å². The molecule has 0 aliphatic carbocycles. The molecule has 4 rings (SSSR count). The van der Waals surface area contributed by atoms with Gasteiger partial charge in [-0.25, -0.2) is 4.98 Å². The number of amides is 7. The van der Waals surface area contributed by atoms with Crippen molar-refractivity contribution in [2.75, 3.05) is 32.9 Å². The summed E-state index contributed by atoms with van der Waals surface area (Å²) in [6, 6.07) is -3.04. The van der Waals surface area contributed by atoms with Crippen LogP contribution in [0, 0.1) is 0 Å². The van der Waals surface area contributed by atoms with E-state index in [0.717, 1.165) is 11.3 Å². The smallest absolute Gasteiger partial charge is 0.248 e. The van der Waals surface area contributed by atoms with Crippen LogP contribution in [0.15, 0.2) is 36.8 Å². The van der Waals surface area contributed by atoms with Crippen LogP contribution in [-0.4, -0.2) is 152 Å². The lowest BCUT2D eigenvalue weighted by Crippen LogP contribution is -2.61. The number of aromatic nitrogens is 2. The maximum atomic E-state index is 13.7. The van der Waals surface area contributed by atoms with Crippen molar-refractivity contribution >= 4 is 41.4 Å². The van der Waals surface area contributed by atoms with Gasteiger partial charge in [-0.2, -0.15) is 0 Å². The van der Waals surface area contributed by atoms with E-state index in [1.54, 1.807) is 0 Å². The summed E-state index contributed by atoms with van der Waals surface area (Å²) in [7, 11) is 0. The van der Waals surface area contributed by atoms with E-state index in [1.165, 1.54) is 36.8 Å². The average molecular weight is 773 g/mol. The first-order valence-corrected chi connectivity index (χ1v) is 17.8. The van der Waals surface area contributed by atoms with Gasteiger partial charge < -0.3 is 67.9 Å². The Balaban J connectivity index is 1.41. The number of benzene rings is 1. The zero-order valence-electron chi connectivity index (χ0n) is 29.9. The van der Waals surface area contributed by atoms with E-state index in [2.05, 4.69) is 41.9 Å². The fourth-order valence-corrected chi connectivity index (χ4v) is 6.26. The maximum absolute atomic E-state index is 13.7. The number of hydrogen-bond acceptors (Lipinski definition) is 13. The first-order chi connectivity index (χ1) is 26.3. The highest BCUT2D eigenvalue weighted by Crippen LogP contribution is 2.19. The molecule has 0 saturated carbocycles. The van der Waals surface area contributed by atoms with Crippen LogP contribution in [0.4, 0.5) is 0 Å². The van der Waals surface area contributed by atoms with Crippen LogP contribution >= 0.6 is 0 Å². The summed E-state index contributed by atoms with van der Waals surface area (Å²) in [5.41, 5.74) is 6.45. The molecule has 21 nitrogen and oxygen atoms in total. The Kier molecular flexibility index (Phi) is 15.4. The zero-order chi connectivity index (χ0) is 40.1. The predicted molar refractivity (Wildman–Crippen MR) is 190 cm³/mol. The Morgan fingerprint density at radius 3 is 1.95 bits per heavy atom. The molecular weight excluding hydrogens is 724 g/mol. The van der Waals surface area contributed by atoms with E-state index < -0.39 is 103 Å². The van der Waals surface area contributed by atoms with Gasteiger partial charge in [0.1, 0.15) is 42.0 Å². The SMILES string of the molecule is NC(=O)[C@H](Cc1ccc(O)cc1)NC(=O)[C@H](CO)NC(=O)[C@H](Cc1cnc[nH]1)NC(=O)[C@@H]1CCCN1C(=O)[C@H](CO)NC(=O)[C@H](CO)NC(=O)C1CCCN1. The number of hydrogen-bond donors (Lipinski definition) is 12. The third kappa shape index (κ3) is 11.7. The highest BCUT2D eigenvalue weighted by molar-refractivity contribution is 5.97. The summed E-state index contributed by atoms with van der Waals surface area (Å²) in [4.78, 5) is 99.5. The van der Waals surface area contributed by atoms with E-state index in [0.29, 0.717) is 30.6 Å². The predicted octanol–water partition coefficient (Wildman–Crippen LogP) is -5.47. The number of likely N-dealkylation sites (tertiary alicyclic amines) is 1. The van der Waals surface area contributed by atoms with Crippen molar-refractivity contribution in [1.82, 2.24) is 46.8 Å². The van der Waals surface area contributed by atoms with Crippen LogP contribution in [0.25, 0.3) is 0 Å². The van der Waals surface area contributed by atoms with Crippen molar-refractivity contribution in [3.05, 3.63) is 48.0 Å². The van der Waals surface area contributed by atoms with Crippen molar-refractivity contribution in [2.45, 2.75) is 80.8 Å². The Labute approximate surface area is 315 Å². The monoisotopic (exact) mass is 772 g/mol. The number of phenolic OH excluding ortho intramolecular Hbond substituents is 1. The van der Waals surface area contributed by atoms with Gasteiger partial charge in [-0.15, -0.1) is 0 Å². The highest BCUT2D eigenvalue weighted by atomic mass is 16.3. The van der Waals surface area contributed by atoms with Gasteiger partial charge in [0, 0.05) is 31.3 Å². The molecule has 0 bridgehead atoms. The van der Waals surface area contributed by atoms with Crippen molar-refractivity contribution in [3.63, 3.8) is 0 Å². The minimum atomic E-state index is -1.59. The van der Waals surface area contributed by atoms with Gasteiger partial charge in [-0.3, -0.25) is 33.6 Å². The van der Waals surface area contributed by atoms with Gasteiger partial charge in [0.25, 0.3) is 0 Å². The first-order valence-electron chi connectivity index (χ1n) is 17.8. The molecule has 2 aliphatic rings. The summed E-state index contributed by atoms with van der Waals surface area (Å²) in [5.74, 6) is -5.80. The molecule has 2 saturated heterocycles. The Morgan fingerprint density at radius 2 is 1.36 bits per heavy atom. The van der Waals surface area contributed by atoms with Gasteiger partial charge in [0.05, 0.1) is 32.2 Å². The van der Waals surface area contributed by atoms with Crippen molar-refractivity contribution in [2.24, 2.45) is 5.73 Å². The summed E-state index contributed by atoms with van der Waals surface area (Å²) in [6.07, 6.45) is 4.34. The van der Waals surface area contributed by atoms with Crippen LogP contribution in [-0.2, 0) is 46.4 Å². The second-order valence-corrected chi connectivity index (χ2v) is 13.2. The maximum Gasteiger partial charge on any atom is 0.248 e. The molecule has 3 heterocycles. The van der Waals surface area contributed by atoms with Gasteiger partial charge >= 0.3 is 0 Å². The van der Waals surface area contributed by atoms with E-state index in [1.807, 2.05) is 0 Å². The zero-order valence-corrected chi connectivity index (χ0v) is 29.9. The molecule has 1 aromatic heterocycles. The lowest BCUT2D eigenvalue weighted by molar-refractivity contribution is -0.143. The van der Waals surface area contributed by atoms with Crippen molar-refractivity contribution in [1.29, 1.82) is 0 Å². The molecule has 7 atom stereocenters. The van der Waals surface area contributed by atoms with Crippen molar-refractivity contribution < 1.29 is 54.0 Å². The molecular formula is C34H48N10O11. The van der Waals surface area contributed by atoms with Gasteiger partial charge in [-0.1, -0.05) is 12.1 Å². The molecule has 1 aromatic carbocycles. The van der Waals surface area contributed by atoms with E-state index in [9.17, 15) is 54.0 Å². The number of aromatic amines is 1. The fourth-order valence-electron chi connectivity index (χ4n) is 6.26. The van der Waals surface area contributed by atoms with E-state index in [-0.39, 0.29) is 31.6 Å². The van der Waals surface area contributed by atoms with Crippen LogP contribution < -0.4 is 37.6 Å². The number of nitrogens with zero attached hydrogens (tertiary/aromatic N) is 2. The average Bonchev–Trinajstić information content (AvgIpc) is 3.99. The molecule has 2 aliphatic heterocycles. The number of nitrogens with one attached hydrogen (secondary N) is 7. The molecule has 0 radical (unpaired) electrons. The molecule has 21 heteroatoms. The Morgan fingerprint density at radius 1 is 0.764 bits per heavy atom. The number of aliphatic hydroxyl groups is 3. The number of imidazole rings is 1. The number of aromatic hydroxyl groups is 1. The largest absolute Gasteiger partial charge is 0.508 e. The first kappa shape index (κ1) is 42.1. The third-order valence-electron chi connectivity index (χ3n) is 9.29. The molecule has 13 N–H and O–H groups in total. The number of carbonyl (C=O) groups excluding carboxylic acids is 7. The van der Waals surface area contributed by atoms with Crippen LogP contribution in [0.5, 0.6) is 5.75 Å². The standard InChI is InChI=1S/C34H48N10O11/c35-28(49)22(11-18-5-7-20(48)8-6-18)39-31(52)24(14-45)42-30(51)23(12-19-13-36-17-38-19)40-33(54)27-4-2-10-44(27)34(55)26(16-47)43-32(53)25(15-46)41-29(50)21-3-1-9-37-21/h5-8,13,17,21-27,37,45-48H,1-4,9-12,14-16H2,(H2,35,49)(H,36,38)(H,39,52)(H,40,54)(H,41,50)(H,42,51)(H,43,53)/t21?,22-,23-,24-,25-,26-,27-/m0/s1. The number of rotatable bonds is 19. The number of nitrogens with two attached hydrogens (primary N) is 1. The molecule has 7 amide bonds.